The fourth-order valence-electron chi connectivity index (χ4n) is 2.49. The number of amides is 1. The second kappa shape index (κ2) is 4.00. The van der Waals surface area contributed by atoms with Crippen LogP contribution >= 0.6 is 0 Å². The van der Waals surface area contributed by atoms with Crippen molar-refractivity contribution in [1.29, 1.82) is 0 Å². The summed E-state index contributed by atoms with van der Waals surface area (Å²) in [6.45, 7) is 3.30. The van der Waals surface area contributed by atoms with Crippen molar-refractivity contribution in [1.82, 2.24) is 9.80 Å². The van der Waals surface area contributed by atoms with Crippen molar-refractivity contribution in [2.45, 2.75) is 31.9 Å². The lowest BCUT2D eigenvalue weighted by atomic mass is 10.2. The van der Waals surface area contributed by atoms with Gasteiger partial charge in [0.15, 0.2) is 0 Å². The molecule has 1 heterocycles. The van der Waals surface area contributed by atoms with Crippen LogP contribution in [0.15, 0.2) is 0 Å². The smallest absolute Gasteiger partial charge is 0.225 e. The molecule has 4 heteroatoms. The maximum Gasteiger partial charge on any atom is 0.225 e. The van der Waals surface area contributed by atoms with Crippen molar-refractivity contribution in [3.63, 3.8) is 0 Å². The molecule has 0 aromatic heterocycles. The van der Waals surface area contributed by atoms with Crippen LogP contribution in [0.3, 0.4) is 0 Å². The Hall–Kier alpha value is -0.610. The second-order valence-corrected chi connectivity index (χ2v) is 5.39. The fourth-order valence-corrected chi connectivity index (χ4v) is 2.49. The molecule has 0 radical (unpaired) electrons. The van der Waals surface area contributed by atoms with Crippen LogP contribution in [0.2, 0.25) is 0 Å². The van der Waals surface area contributed by atoms with Crippen molar-refractivity contribution in [2.75, 3.05) is 26.2 Å². The average Bonchev–Trinajstić information content (AvgIpc) is 3.20. The number of nitrogens with zero attached hydrogens (tertiary/aromatic N) is 2. The molecule has 2 aliphatic carbocycles. The average molecular weight is 224 g/mol. The number of aliphatic hydroxyl groups excluding tert-OH is 1. The van der Waals surface area contributed by atoms with Gasteiger partial charge in [-0.1, -0.05) is 0 Å². The first-order valence-corrected chi connectivity index (χ1v) is 6.46. The topological polar surface area (TPSA) is 43.8 Å². The van der Waals surface area contributed by atoms with Crippen LogP contribution in [0, 0.1) is 11.8 Å². The lowest BCUT2D eigenvalue weighted by Crippen LogP contribution is -2.52. The quantitative estimate of drug-likeness (QED) is 0.748. The van der Waals surface area contributed by atoms with E-state index in [9.17, 15) is 9.90 Å². The minimum Gasteiger partial charge on any atom is -0.378 e. The Balaban J connectivity index is 1.49. The molecule has 4 nitrogen and oxygen atoms in total. The maximum atomic E-state index is 11.8. The summed E-state index contributed by atoms with van der Waals surface area (Å²) in [4.78, 5) is 15.9. The molecule has 0 bridgehead atoms. The summed E-state index contributed by atoms with van der Waals surface area (Å²) < 4.78 is 0. The monoisotopic (exact) mass is 224 g/mol. The van der Waals surface area contributed by atoms with E-state index < -0.39 is 0 Å². The molecule has 3 fully saturated rings. The van der Waals surface area contributed by atoms with Gasteiger partial charge in [-0.05, 0) is 31.6 Å². The zero-order valence-corrected chi connectivity index (χ0v) is 9.64. The van der Waals surface area contributed by atoms with Gasteiger partial charge in [-0.3, -0.25) is 9.69 Å². The molecule has 1 unspecified atom stereocenters. The standard InChI is InChI=1S/C12H20N2O2/c15-11(9-1-2-9)13-5-7-14(8-6-13)12(16)10-3-4-10/h9-11,15H,1-8H2. The number of hydrogen-bond donors (Lipinski definition) is 1. The molecular formula is C12H20N2O2. The summed E-state index contributed by atoms with van der Waals surface area (Å²) in [5.74, 6) is 1.19. The highest BCUT2D eigenvalue weighted by Gasteiger charge is 2.38. The Labute approximate surface area is 96.2 Å². The molecule has 90 valence electrons. The number of rotatable bonds is 3. The molecule has 1 saturated heterocycles. The molecule has 1 aliphatic heterocycles. The van der Waals surface area contributed by atoms with Crippen molar-refractivity contribution in [3.05, 3.63) is 0 Å². The third-order valence-corrected chi connectivity index (χ3v) is 3.97. The van der Waals surface area contributed by atoms with Crippen molar-refractivity contribution in [3.8, 4) is 0 Å². The number of hydrogen-bond acceptors (Lipinski definition) is 3. The van der Waals surface area contributed by atoms with Gasteiger partial charge >= 0.3 is 0 Å². The number of piperazine rings is 1. The molecule has 3 rings (SSSR count). The Morgan fingerprint density at radius 2 is 1.69 bits per heavy atom. The third-order valence-electron chi connectivity index (χ3n) is 3.97. The number of aliphatic hydroxyl groups is 1. The number of carbonyl (C=O) groups is 1. The van der Waals surface area contributed by atoms with E-state index in [1.807, 2.05) is 4.90 Å². The zero-order valence-electron chi connectivity index (χ0n) is 9.64. The van der Waals surface area contributed by atoms with Crippen LogP contribution in [0.25, 0.3) is 0 Å². The lowest BCUT2D eigenvalue weighted by molar-refractivity contribution is -0.136. The van der Waals surface area contributed by atoms with Crippen molar-refractivity contribution >= 4 is 5.91 Å². The van der Waals surface area contributed by atoms with Gasteiger partial charge in [-0.15, -0.1) is 0 Å². The fraction of sp³-hybridized carbons (Fsp3) is 0.917. The molecule has 1 atom stereocenters. The van der Waals surface area contributed by atoms with Crippen LogP contribution < -0.4 is 0 Å². The van der Waals surface area contributed by atoms with Crippen molar-refractivity contribution < 1.29 is 9.90 Å². The molecule has 0 aromatic rings. The van der Waals surface area contributed by atoms with E-state index in [2.05, 4.69) is 4.90 Å². The van der Waals surface area contributed by atoms with E-state index >= 15 is 0 Å². The summed E-state index contributed by atoms with van der Waals surface area (Å²) in [6, 6.07) is 0. The first-order chi connectivity index (χ1) is 7.75. The SMILES string of the molecule is O=C(C1CC1)N1CCN(C(O)C2CC2)CC1. The first kappa shape index (κ1) is 10.5. The van der Waals surface area contributed by atoms with Gasteiger partial charge in [0.1, 0.15) is 6.23 Å². The Bertz CT molecular complexity index is 279. The zero-order chi connectivity index (χ0) is 11.1. The van der Waals surface area contributed by atoms with E-state index in [1.165, 1.54) is 12.8 Å². The van der Waals surface area contributed by atoms with Crippen LogP contribution in [0.4, 0.5) is 0 Å². The molecule has 1 N–H and O–H groups in total. The van der Waals surface area contributed by atoms with Crippen LogP contribution in [-0.4, -0.2) is 53.2 Å². The van der Waals surface area contributed by atoms with Crippen LogP contribution in [0.5, 0.6) is 0 Å². The van der Waals surface area contributed by atoms with Crippen LogP contribution in [-0.2, 0) is 4.79 Å². The second-order valence-electron chi connectivity index (χ2n) is 5.39. The molecular weight excluding hydrogens is 204 g/mol. The van der Waals surface area contributed by atoms with Gasteiger partial charge in [0.2, 0.25) is 5.91 Å². The molecule has 2 saturated carbocycles. The van der Waals surface area contributed by atoms with Gasteiger partial charge in [0.05, 0.1) is 0 Å². The summed E-state index contributed by atoms with van der Waals surface area (Å²) in [6.07, 6.45) is 4.26. The highest BCUT2D eigenvalue weighted by atomic mass is 16.3. The van der Waals surface area contributed by atoms with E-state index in [0.717, 1.165) is 39.0 Å². The highest BCUT2D eigenvalue weighted by Crippen LogP contribution is 2.35. The summed E-state index contributed by atoms with van der Waals surface area (Å²) >= 11 is 0. The minimum atomic E-state index is -0.252. The summed E-state index contributed by atoms with van der Waals surface area (Å²) in [7, 11) is 0. The Morgan fingerprint density at radius 1 is 1.06 bits per heavy atom. The van der Waals surface area contributed by atoms with Gasteiger partial charge in [0.25, 0.3) is 0 Å². The van der Waals surface area contributed by atoms with Gasteiger partial charge in [-0.2, -0.15) is 0 Å². The predicted octanol–water partition coefficient (Wildman–Crippen LogP) is 0.269. The van der Waals surface area contributed by atoms with E-state index in [-0.39, 0.29) is 6.23 Å². The number of carbonyl (C=O) groups excluding carboxylic acids is 1. The van der Waals surface area contributed by atoms with E-state index in [0.29, 0.717) is 17.7 Å². The Morgan fingerprint density at radius 3 is 2.19 bits per heavy atom. The molecule has 0 spiro atoms. The molecule has 16 heavy (non-hydrogen) atoms. The van der Waals surface area contributed by atoms with Crippen molar-refractivity contribution in [2.24, 2.45) is 11.8 Å². The normalized spacial score (nSPS) is 29.2. The summed E-state index contributed by atoms with van der Waals surface area (Å²) in [5.41, 5.74) is 0. The molecule has 1 amide bonds. The Kier molecular flexibility index (Phi) is 2.64. The van der Waals surface area contributed by atoms with Crippen LogP contribution in [0.1, 0.15) is 25.7 Å². The molecule has 3 aliphatic rings. The highest BCUT2D eigenvalue weighted by molar-refractivity contribution is 5.81. The van der Waals surface area contributed by atoms with Gasteiger partial charge in [-0.25, -0.2) is 0 Å². The van der Waals surface area contributed by atoms with Gasteiger partial charge < -0.3 is 10.0 Å². The largest absolute Gasteiger partial charge is 0.378 e. The molecule has 0 aromatic carbocycles. The van der Waals surface area contributed by atoms with E-state index in [4.69, 9.17) is 0 Å². The van der Waals surface area contributed by atoms with E-state index in [1.54, 1.807) is 0 Å². The predicted molar refractivity (Wildman–Crippen MR) is 59.6 cm³/mol. The minimum absolute atomic E-state index is 0.252. The lowest BCUT2D eigenvalue weighted by Gasteiger charge is -2.37. The van der Waals surface area contributed by atoms with Gasteiger partial charge in [0, 0.05) is 32.1 Å². The summed E-state index contributed by atoms with van der Waals surface area (Å²) in [5, 5.41) is 9.98. The maximum absolute atomic E-state index is 11.8. The third kappa shape index (κ3) is 2.09. The first-order valence-electron chi connectivity index (χ1n) is 6.46.